The lowest BCUT2D eigenvalue weighted by Crippen LogP contribution is -2.27. The second kappa shape index (κ2) is 8.95. The summed E-state index contributed by atoms with van der Waals surface area (Å²) in [7, 11) is 2.02. The molecule has 1 amide bonds. The van der Waals surface area contributed by atoms with Crippen molar-refractivity contribution in [2.45, 2.75) is 20.8 Å². The van der Waals surface area contributed by atoms with Crippen molar-refractivity contribution in [3.8, 4) is 22.3 Å². The van der Waals surface area contributed by atoms with E-state index in [0.717, 1.165) is 56.1 Å². The minimum absolute atomic E-state index is 0.0685. The molecule has 0 radical (unpaired) electrons. The van der Waals surface area contributed by atoms with Gasteiger partial charge in [-0.15, -0.1) is 0 Å². The summed E-state index contributed by atoms with van der Waals surface area (Å²) in [4.78, 5) is 36.6. The molecule has 5 aromatic rings. The minimum Gasteiger partial charge on any atom is -0.472 e. The summed E-state index contributed by atoms with van der Waals surface area (Å²) in [6, 6.07) is 5.91. The van der Waals surface area contributed by atoms with Crippen molar-refractivity contribution < 1.29 is 9.21 Å². The molecule has 190 valence electrons. The molecule has 0 aliphatic carbocycles. The summed E-state index contributed by atoms with van der Waals surface area (Å²) in [5, 5.41) is 2.96. The summed E-state index contributed by atoms with van der Waals surface area (Å²) in [6.07, 6.45) is 14.3. The van der Waals surface area contributed by atoms with E-state index in [0.29, 0.717) is 12.2 Å². The highest BCUT2D eigenvalue weighted by molar-refractivity contribution is 5.96. The van der Waals surface area contributed by atoms with Gasteiger partial charge in [0.2, 0.25) is 5.91 Å². The summed E-state index contributed by atoms with van der Waals surface area (Å²) in [5.74, 6) is 1.54. The van der Waals surface area contributed by atoms with Gasteiger partial charge >= 0.3 is 0 Å². The monoisotopic (exact) mass is 505 g/mol. The van der Waals surface area contributed by atoms with Crippen molar-refractivity contribution in [3.05, 3.63) is 79.2 Å². The summed E-state index contributed by atoms with van der Waals surface area (Å²) in [6.45, 7) is 6.34. The molecule has 0 saturated heterocycles. The Balaban J connectivity index is 1.40. The van der Waals surface area contributed by atoms with E-state index in [1.165, 1.54) is 0 Å². The zero-order chi connectivity index (χ0) is 26.4. The Labute approximate surface area is 219 Å². The van der Waals surface area contributed by atoms with Crippen molar-refractivity contribution in [2.75, 3.05) is 23.8 Å². The maximum absolute atomic E-state index is 12.5. The van der Waals surface area contributed by atoms with Gasteiger partial charge in [-0.2, -0.15) is 0 Å². The van der Waals surface area contributed by atoms with Gasteiger partial charge in [-0.05, 0) is 18.2 Å². The first-order chi connectivity index (χ1) is 18.3. The van der Waals surface area contributed by atoms with Crippen LogP contribution >= 0.6 is 0 Å². The zero-order valence-corrected chi connectivity index (χ0v) is 21.6. The lowest BCUT2D eigenvalue weighted by molar-refractivity contribution is -0.123. The zero-order valence-electron chi connectivity index (χ0n) is 21.6. The predicted molar refractivity (Wildman–Crippen MR) is 147 cm³/mol. The Morgan fingerprint density at radius 1 is 1.03 bits per heavy atom. The van der Waals surface area contributed by atoms with Gasteiger partial charge in [-0.1, -0.05) is 26.8 Å². The van der Waals surface area contributed by atoms with Crippen LogP contribution in [0.5, 0.6) is 0 Å². The number of nitrogens with one attached hydrogen (secondary N) is 2. The second-order valence-electron chi connectivity index (χ2n) is 10.4. The van der Waals surface area contributed by atoms with Crippen LogP contribution in [0.3, 0.4) is 0 Å². The third-order valence-corrected chi connectivity index (χ3v) is 6.58. The van der Waals surface area contributed by atoms with Gasteiger partial charge in [-0.25, -0.2) is 9.97 Å². The molecule has 0 spiro atoms. The molecule has 0 atom stereocenters. The molecule has 0 aromatic carbocycles. The fourth-order valence-corrected chi connectivity index (χ4v) is 4.44. The molecular formula is C29H27N7O2. The van der Waals surface area contributed by atoms with Crippen LogP contribution in [-0.4, -0.2) is 44.4 Å². The molecule has 1 aliphatic heterocycles. The van der Waals surface area contributed by atoms with Crippen molar-refractivity contribution >= 4 is 34.0 Å². The van der Waals surface area contributed by atoms with Crippen LogP contribution in [-0.2, 0) is 4.79 Å². The smallest absolute Gasteiger partial charge is 0.229 e. The fraction of sp³-hybridized carbons (Fsp3) is 0.207. The van der Waals surface area contributed by atoms with Gasteiger partial charge < -0.3 is 19.6 Å². The number of fused-ring (bicyclic) bond motifs is 2. The number of likely N-dealkylation sites (N-methyl/N-ethyl adjacent to an activating group) is 1. The SMILES string of the molecule is CN1CC=C(c2nc3c(-c4ccoc4)cncc3[nH]2)c2cc(-c3cncc(NC(=O)C(C)(C)C)c3)cnc21. The first kappa shape index (κ1) is 23.6. The number of aromatic nitrogens is 5. The van der Waals surface area contributed by atoms with Gasteiger partial charge in [0.25, 0.3) is 0 Å². The van der Waals surface area contributed by atoms with Crippen LogP contribution in [0.2, 0.25) is 0 Å². The van der Waals surface area contributed by atoms with E-state index >= 15 is 0 Å². The lowest BCUT2D eigenvalue weighted by atomic mass is 9.95. The molecule has 9 heteroatoms. The van der Waals surface area contributed by atoms with Crippen LogP contribution in [0.4, 0.5) is 11.5 Å². The van der Waals surface area contributed by atoms with E-state index in [1.54, 1.807) is 37.3 Å². The molecule has 6 rings (SSSR count). The Bertz CT molecular complexity index is 1690. The van der Waals surface area contributed by atoms with Gasteiger partial charge in [0.15, 0.2) is 0 Å². The maximum atomic E-state index is 12.5. The van der Waals surface area contributed by atoms with Crippen molar-refractivity contribution in [3.63, 3.8) is 0 Å². The molecule has 9 nitrogen and oxygen atoms in total. The number of amides is 1. The molecule has 6 heterocycles. The quantitative estimate of drug-likeness (QED) is 0.330. The molecule has 0 fully saturated rings. The number of hydrogen-bond donors (Lipinski definition) is 2. The van der Waals surface area contributed by atoms with Gasteiger partial charge in [-0.3, -0.25) is 14.8 Å². The van der Waals surface area contributed by atoms with E-state index in [2.05, 4.69) is 37.3 Å². The molecule has 5 aromatic heterocycles. The number of aromatic amines is 1. The van der Waals surface area contributed by atoms with Gasteiger partial charge in [0.1, 0.15) is 17.2 Å². The molecular weight excluding hydrogens is 478 g/mol. The normalized spacial score (nSPS) is 13.4. The van der Waals surface area contributed by atoms with E-state index in [9.17, 15) is 4.79 Å². The molecule has 1 aliphatic rings. The topological polar surface area (TPSA) is 113 Å². The predicted octanol–water partition coefficient (Wildman–Crippen LogP) is 5.54. The Hall–Kier alpha value is -4.79. The van der Waals surface area contributed by atoms with Crippen LogP contribution in [0.25, 0.3) is 38.9 Å². The minimum atomic E-state index is -0.507. The fourth-order valence-electron chi connectivity index (χ4n) is 4.44. The number of nitrogens with zero attached hydrogens (tertiary/aromatic N) is 5. The third kappa shape index (κ3) is 4.21. The Morgan fingerprint density at radius 3 is 2.63 bits per heavy atom. The van der Waals surface area contributed by atoms with Crippen LogP contribution in [0, 0.1) is 5.41 Å². The highest BCUT2D eigenvalue weighted by atomic mass is 16.3. The number of rotatable bonds is 4. The van der Waals surface area contributed by atoms with E-state index in [1.807, 2.05) is 46.1 Å². The highest BCUT2D eigenvalue weighted by Crippen LogP contribution is 2.37. The number of pyridine rings is 3. The van der Waals surface area contributed by atoms with Crippen LogP contribution in [0.1, 0.15) is 32.2 Å². The number of carbonyl (C=O) groups excluding carboxylic acids is 1. The average molecular weight is 506 g/mol. The lowest BCUT2D eigenvalue weighted by Gasteiger charge is -2.26. The highest BCUT2D eigenvalue weighted by Gasteiger charge is 2.24. The number of furan rings is 1. The second-order valence-corrected chi connectivity index (χ2v) is 10.4. The first-order valence-electron chi connectivity index (χ1n) is 12.3. The molecule has 0 saturated carbocycles. The van der Waals surface area contributed by atoms with Crippen LogP contribution < -0.4 is 10.2 Å². The number of imidazole rings is 1. The summed E-state index contributed by atoms with van der Waals surface area (Å²) >= 11 is 0. The maximum Gasteiger partial charge on any atom is 0.229 e. The third-order valence-electron chi connectivity index (χ3n) is 6.58. The Kier molecular flexibility index (Phi) is 5.56. The molecule has 0 unspecified atom stereocenters. The summed E-state index contributed by atoms with van der Waals surface area (Å²) < 4.78 is 5.28. The molecule has 2 N–H and O–H groups in total. The number of hydrogen-bond acceptors (Lipinski definition) is 7. The number of carbonyl (C=O) groups is 1. The standard InChI is InChI=1S/C29H27N7O2/c1-29(2,3)28(37)33-20-9-18(11-30-13-20)19-10-22-21(5-7-36(4)27(22)32-12-19)26-34-24-15-31-14-23(25(24)35-26)17-6-8-38-16-17/h5-6,8-16H,7H2,1-4H3,(H,33,37)(H,34,35). The van der Waals surface area contributed by atoms with E-state index < -0.39 is 5.41 Å². The number of anilines is 2. The van der Waals surface area contributed by atoms with E-state index in [-0.39, 0.29) is 5.91 Å². The largest absolute Gasteiger partial charge is 0.472 e. The molecule has 38 heavy (non-hydrogen) atoms. The summed E-state index contributed by atoms with van der Waals surface area (Å²) in [5.41, 5.74) is 7.30. The van der Waals surface area contributed by atoms with Crippen molar-refractivity contribution in [1.82, 2.24) is 24.9 Å². The van der Waals surface area contributed by atoms with E-state index in [4.69, 9.17) is 14.4 Å². The van der Waals surface area contributed by atoms with Crippen molar-refractivity contribution in [2.24, 2.45) is 5.41 Å². The average Bonchev–Trinajstić information content (AvgIpc) is 3.59. The van der Waals surface area contributed by atoms with Crippen molar-refractivity contribution in [1.29, 1.82) is 0 Å². The van der Waals surface area contributed by atoms with Crippen LogP contribution in [0.15, 0.2) is 72.2 Å². The number of H-pyrrole nitrogens is 1. The van der Waals surface area contributed by atoms with Gasteiger partial charge in [0, 0.05) is 71.0 Å². The molecule has 0 bridgehead atoms. The van der Waals surface area contributed by atoms with Gasteiger partial charge in [0.05, 0.1) is 36.1 Å². The first-order valence-corrected chi connectivity index (χ1v) is 12.3. The Morgan fingerprint density at radius 2 is 1.84 bits per heavy atom.